The van der Waals surface area contributed by atoms with Gasteiger partial charge in [-0.3, -0.25) is 0 Å². The quantitative estimate of drug-likeness (QED) is 0.716. The van der Waals surface area contributed by atoms with Crippen molar-refractivity contribution in [1.82, 2.24) is 4.37 Å². The molecule has 1 aromatic heterocycles. The van der Waals surface area contributed by atoms with Crippen LogP contribution in [-0.2, 0) is 0 Å². The lowest BCUT2D eigenvalue weighted by molar-refractivity contribution is 0.239. The van der Waals surface area contributed by atoms with Crippen LogP contribution in [0.3, 0.4) is 0 Å². The molecule has 3 rings (SSSR count). The molecule has 0 saturated heterocycles. The Morgan fingerprint density at radius 3 is 2.65 bits per heavy atom. The summed E-state index contributed by atoms with van der Waals surface area (Å²) in [7, 11) is 0. The van der Waals surface area contributed by atoms with Crippen molar-refractivity contribution in [1.29, 1.82) is 0 Å². The standard InChI is InChI=1S/C16H10ClNOS/c1-2-14(19)11-5-8-13-15(9-11)20-18-16(13)10-3-6-12(17)7-4-10/h1,3-9,14,19H. The maximum absolute atomic E-state index is 9.68. The van der Waals surface area contributed by atoms with Crippen LogP contribution in [0.2, 0.25) is 5.02 Å². The normalized spacial score (nSPS) is 12.2. The third-order valence-electron chi connectivity index (χ3n) is 3.09. The lowest BCUT2D eigenvalue weighted by Gasteiger charge is -2.03. The molecule has 0 spiro atoms. The minimum absolute atomic E-state index is 0.702. The van der Waals surface area contributed by atoms with Gasteiger partial charge in [0.15, 0.2) is 0 Å². The van der Waals surface area contributed by atoms with Crippen molar-refractivity contribution in [2.75, 3.05) is 0 Å². The first kappa shape index (κ1) is 13.1. The number of fused-ring (bicyclic) bond motifs is 1. The first-order valence-corrected chi connectivity index (χ1v) is 7.13. The van der Waals surface area contributed by atoms with Gasteiger partial charge in [-0.25, -0.2) is 0 Å². The van der Waals surface area contributed by atoms with E-state index in [-0.39, 0.29) is 0 Å². The average molecular weight is 300 g/mol. The first-order valence-electron chi connectivity index (χ1n) is 5.98. The van der Waals surface area contributed by atoms with Crippen molar-refractivity contribution < 1.29 is 5.11 Å². The highest BCUT2D eigenvalue weighted by Gasteiger charge is 2.11. The zero-order valence-electron chi connectivity index (χ0n) is 10.4. The van der Waals surface area contributed by atoms with Crippen LogP contribution in [0.4, 0.5) is 0 Å². The fraction of sp³-hybridized carbons (Fsp3) is 0.0625. The van der Waals surface area contributed by atoms with E-state index in [4.69, 9.17) is 18.0 Å². The van der Waals surface area contributed by atoms with Gasteiger partial charge in [0, 0.05) is 16.0 Å². The molecule has 0 bridgehead atoms. The van der Waals surface area contributed by atoms with E-state index >= 15 is 0 Å². The van der Waals surface area contributed by atoms with Gasteiger partial charge in [-0.2, -0.15) is 4.37 Å². The third-order valence-corrected chi connectivity index (χ3v) is 4.15. The summed E-state index contributed by atoms with van der Waals surface area (Å²) in [5, 5.41) is 11.4. The average Bonchev–Trinajstić information content (AvgIpc) is 2.90. The number of aliphatic hydroxyl groups excluding tert-OH is 1. The summed E-state index contributed by atoms with van der Waals surface area (Å²) in [6.45, 7) is 0. The Hall–Kier alpha value is -1.86. The molecule has 1 heterocycles. The number of hydrogen-bond acceptors (Lipinski definition) is 3. The fourth-order valence-electron chi connectivity index (χ4n) is 2.04. The lowest BCUT2D eigenvalue weighted by Crippen LogP contribution is -1.91. The fourth-order valence-corrected chi connectivity index (χ4v) is 3.01. The van der Waals surface area contributed by atoms with Gasteiger partial charge in [0.1, 0.15) is 6.10 Å². The van der Waals surface area contributed by atoms with E-state index in [1.54, 1.807) is 0 Å². The number of hydrogen-bond donors (Lipinski definition) is 1. The van der Waals surface area contributed by atoms with Gasteiger partial charge >= 0.3 is 0 Å². The molecule has 3 aromatic rings. The van der Waals surface area contributed by atoms with Crippen LogP contribution >= 0.6 is 23.1 Å². The van der Waals surface area contributed by atoms with Crippen molar-refractivity contribution in [2.24, 2.45) is 0 Å². The molecule has 4 heteroatoms. The molecule has 0 radical (unpaired) electrons. The minimum atomic E-state index is -0.875. The summed E-state index contributed by atoms with van der Waals surface area (Å²) in [6.07, 6.45) is 4.36. The van der Waals surface area contributed by atoms with E-state index in [0.29, 0.717) is 10.6 Å². The summed E-state index contributed by atoms with van der Waals surface area (Å²) < 4.78 is 5.49. The smallest absolute Gasteiger partial charge is 0.140 e. The number of benzene rings is 2. The molecule has 0 aliphatic rings. The summed E-state index contributed by atoms with van der Waals surface area (Å²) in [5.74, 6) is 2.32. The van der Waals surface area contributed by atoms with Gasteiger partial charge in [-0.1, -0.05) is 41.8 Å². The third kappa shape index (κ3) is 2.30. The molecular formula is C16H10ClNOS. The highest BCUT2D eigenvalue weighted by atomic mass is 35.5. The number of aromatic nitrogens is 1. The second-order valence-corrected chi connectivity index (χ2v) is 5.60. The summed E-state index contributed by atoms with van der Waals surface area (Å²) >= 11 is 7.29. The second-order valence-electron chi connectivity index (χ2n) is 4.36. The van der Waals surface area contributed by atoms with Crippen LogP contribution in [0.15, 0.2) is 42.5 Å². The largest absolute Gasteiger partial charge is 0.376 e. The number of aliphatic hydroxyl groups is 1. The Kier molecular flexibility index (Phi) is 3.45. The zero-order chi connectivity index (χ0) is 14.1. The van der Waals surface area contributed by atoms with Gasteiger partial charge in [0.25, 0.3) is 0 Å². The highest BCUT2D eigenvalue weighted by Crippen LogP contribution is 2.33. The van der Waals surface area contributed by atoms with Crippen LogP contribution < -0.4 is 0 Å². The van der Waals surface area contributed by atoms with E-state index in [9.17, 15) is 5.11 Å². The Morgan fingerprint density at radius 1 is 1.20 bits per heavy atom. The Labute approximate surface area is 125 Å². The van der Waals surface area contributed by atoms with Crippen LogP contribution in [0.25, 0.3) is 21.3 Å². The van der Waals surface area contributed by atoms with Crippen molar-refractivity contribution in [2.45, 2.75) is 6.10 Å². The molecule has 20 heavy (non-hydrogen) atoms. The molecule has 0 saturated carbocycles. The van der Waals surface area contributed by atoms with E-state index in [0.717, 1.165) is 21.3 Å². The number of nitrogens with zero attached hydrogens (tertiary/aromatic N) is 1. The van der Waals surface area contributed by atoms with Gasteiger partial charge in [-0.05, 0) is 35.3 Å². The summed E-state index contributed by atoms with van der Waals surface area (Å²) in [6, 6.07) is 13.2. The maximum atomic E-state index is 9.68. The van der Waals surface area contributed by atoms with E-state index < -0.39 is 6.10 Å². The Balaban J connectivity index is 2.11. The highest BCUT2D eigenvalue weighted by molar-refractivity contribution is 7.13. The minimum Gasteiger partial charge on any atom is -0.376 e. The molecule has 1 N–H and O–H groups in total. The predicted molar refractivity (Wildman–Crippen MR) is 83.9 cm³/mol. The van der Waals surface area contributed by atoms with Gasteiger partial charge in [0.2, 0.25) is 0 Å². The molecule has 1 unspecified atom stereocenters. The second kappa shape index (κ2) is 5.26. The molecular weight excluding hydrogens is 290 g/mol. The maximum Gasteiger partial charge on any atom is 0.140 e. The number of halogens is 1. The van der Waals surface area contributed by atoms with Crippen LogP contribution in [0.1, 0.15) is 11.7 Å². The molecule has 98 valence electrons. The Morgan fingerprint density at radius 2 is 1.95 bits per heavy atom. The monoisotopic (exact) mass is 299 g/mol. The molecule has 2 nitrogen and oxygen atoms in total. The Bertz CT molecular complexity index is 801. The molecule has 0 aliphatic heterocycles. The summed E-state index contributed by atoms with van der Waals surface area (Å²) in [4.78, 5) is 0. The predicted octanol–water partition coefficient (Wildman–Crippen LogP) is 4.28. The van der Waals surface area contributed by atoms with Crippen molar-refractivity contribution >= 4 is 33.2 Å². The van der Waals surface area contributed by atoms with Crippen molar-refractivity contribution in [3.63, 3.8) is 0 Å². The number of terminal acetylenes is 1. The van der Waals surface area contributed by atoms with Crippen LogP contribution in [0.5, 0.6) is 0 Å². The van der Waals surface area contributed by atoms with Gasteiger partial charge < -0.3 is 5.11 Å². The summed E-state index contributed by atoms with van der Waals surface area (Å²) in [5.41, 5.74) is 2.65. The molecule has 0 aliphatic carbocycles. The topological polar surface area (TPSA) is 33.1 Å². The first-order chi connectivity index (χ1) is 9.69. The van der Waals surface area contributed by atoms with E-state index in [1.165, 1.54) is 11.5 Å². The van der Waals surface area contributed by atoms with Crippen LogP contribution in [-0.4, -0.2) is 9.48 Å². The van der Waals surface area contributed by atoms with Gasteiger partial charge in [-0.15, -0.1) is 6.42 Å². The molecule has 0 amide bonds. The number of rotatable bonds is 2. The van der Waals surface area contributed by atoms with Crippen molar-refractivity contribution in [3.8, 4) is 23.6 Å². The lowest BCUT2D eigenvalue weighted by atomic mass is 10.0. The van der Waals surface area contributed by atoms with E-state index in [2.05, 4.69) is 10.3 Å². The zero-order valence-corrected chi connectivity index (χ0v) is 11.9. The molecule has 2 aromatic carbocycles. The van der Waals surface area contributed by atoms with Crippen LogP contribution in [0, 0.1) is 12.3 Å². The molecule has 1 atom stereocenters. The van der Waals surface area contributed by atoms with Gasteiger partial charge in [0.05, 0.1) is 10.4 Å². The van der Waals surface area contributed by atoms with Crippen molar-refractivity contribution in [3.05, 3.63) is 53.1 Å². The molecule has 0 fully saturated rings. The SMILES string of the molecule is C#CC(O)c1ccc2c(-c3ccc(Cl)cc3)nsc2c1. The van der Waals surface area contributed by atoms with E-state index in [1.807, 2.05) is 42.5 Å².